The molecule has 0 saturated heterocycles. The summed E-state index contributed by atoms with van der Waals surface area (Å²) in [5.41, 5.74) is 1.87. The van der Waals surface area contributed by atoms with Crippen LogP contribution >= 0.6 is 0 Å². The molecule has 4 aromatic rings. The fourth-order valence-electron chi connectivity index (χ4n) is 3.39. The summed E-state index contributed by atoms with van der Waals surface area (Å²) in [6, 6.07) is 20.8. The van der Waals surface area contributed by atoms with Crippen molar-refractivity contribution in [2.24, 2.45) is 0 Å². The van der Waals surface area contributed by atoms with E-state index in [4.69, 9.17) is 9.84 Å². The van der Waals surface area contributed by atoms with Gasteiger partial charge in [0.15, 0.2) is 0 Å². The first-order valence-corrected chi connectivity index (χ1v) is 10.5. The lowest BCUT2D eigenvalue weighted by atomic mass is 10.1. The second kappa shape index (κ2) is 10.4. The summed E-state index contributed by atoms with van der Waals surface area (Å²) in [6.45, 7) is 6.52. The maximum absolute atomic E-state index is 9.68. The molecule has 30 heavy (non-hydrogen) atoms. The lowest BCUT2D eigenvalue weighted by Gasteiger charge is -2.17. The highest BCUT2D eigenvalue weighted by Gasteiger charge is 2.12. The van der Waals surface area contributed by atoms with Crippen molar-refractivity contribution < 1.29 is 14.9 Å². The summed E-state index contributed by atoms with van der Waals surface area (Å²) < 4.78 is 9.58. The first-order valence-electron chi connectivity index (χ1n) is 10.5. The highest BCUT2D eigenvalue weighted by atomic mass is 16.5. The van der Waals surface area contributed by atoms with Crippen molar-refractivity contribution in [3.63, 3.8) is 0 Å². The standard InChI is InChI=1S/C13H17NO.C12H15NO2/c1-13(2,15)8-10-14-9-7-11-5-3-4-6-12(11)14;14-8-10-15-9-7-13-6-5-11-3-1-2-4-12(11)13/h3-7,9,15H,8,10H2,1-2H3;1-6,14H,7-10H2. The number of ether oxygens (including phenoxy) is 1. The molecule has 5 heteroatoms. The van der Waals surface area contributed by atoms with Crippen LogP contribution in [0.25, 0.3) is 21.8 Å². The third kappa shape index (κ3) is 6.20. The van der Waals surface area contributed by atoms with Crippen molar-refractivity contribution in [2.75, 3.05) is 19.8 Å². The SMILES string of the molecule is CC(C)(O)CCn1ccc2ccccc21.OCCOCCn1ccc2ccccc21. The topological polar surface area (TPSA) is 59.6 Å². The van der Waals surface area contributed by atoms with Crippen LogP contribution in [-0.2, 0) is 17.8 Å². The van der Waals surface area contributed by atoms with Gasteiger partial charge in [0.25, 0.3) is 0 Å². The molecule has 0 aliphatic heterocycles. The van der Waals surface area contributed by atoms with Gasteiger partial charge in [0.1, 0.15) is 0 Å². The van der Waals surface area contributed by atoms with E-state index >= 15 is 0 Å². The number of aliphatic hydroxyl groups excluding tert-OH is 1. The van der Waals surface area contributed by atoms with Crippen LogP contribution in [0.2, 0.25) is 0 Å². The highest BCUT2D eigenvalue weighted by molar-refractivity contribution is 5.80. The van der Waals surface area contributed by atoms with Gasteiger partial charge in [-0.2, -0.15) is 0 Å². The zero-order valence-corrected chi connectivity index (χ0v) is 17.9. The van der Waals surface area contributed by atoms with Crippen LogP contribution in [0.3, 0.4) is 0 Å². The van der Waals surface area contributed by atoms with Crippen molar-refractivity contribution in [3.8, 4) is 0 Å². The summed E-state index contributed by atoms with van der Waals surface area (Å²) in [5, 5.41) is 20.7. The second-order valence-electron chi connectivity index (χ2n) is 8.03. The molecule has 4 rings (SSSR count). The Hall–Kier alpha value is -2.60. The molecule has 2 N–H and O–H groups in total. The lowest BCUT2D eigenvalue weighted by molar-refractivity contribution is 0.0666. The fourth-order valence-corrected chi connectivity index (χ4v) is 3.39. The second-order valence-corrected chi connectivity index (χ2v) is 8.03. The number of para-hydroxylation sites is 2. The summed E-state index contributed by atoms with van der Waals surface area (Å²) >= 11 is 0. The molecule has 2 heterocycles. The Morgan fingerprint density at radius 3 is 1.83 bits per heavy atom. The van der Waals surface area contributed by atoms with E-state index in [-0.39, 0.29) is 6.61 Å². The van der Waals surface area contributed by atoms with E-state index in [0.29, 0.717) is 13.2 Å². The normalized spacial score (nSPS) is 11.6. The Bertz CT molecular complexity index is 1040. The predicted octanol–water partition coefficient (Wildman–Crippen LogP) is 4.45. The van der Waals surface area contributed by atoms with Crippen LogP contribution in [0.1, 0.15) is 20.3 Å². The predicted molar refractivity (Wildman–Crippen MR) is 123 cm³/mol. The summed E-state index contributed by atoms with van der Waals surface area (Å²) in [4.78, 5) is 0. The molecular weight excluding hydrogens is 376 g/mol. The number of aliphatic hydroxyl groups is 2. The Labute approximate surface area is 178 Å². The van der Waals surface area contributed by atoms with Gasteiger partial charge in [0.05, 0.1) is 25.4 Å². The minimum atomic E-state index is -0.592. The molecule has 0 saturated carbocycles. The van der Waals surface area contributed by atoms with Crippen LogP contribution in [0.5, 0.6) is 0 Å². The number of fused-ring (bicyclic) bond motifs is 2. The highest BCUT2D eigenvalue weighted by Crippen LogP contribution is 2.17. The van der Waals surface area contributed by atoms with E-state index in [2.05, 4.69) is 57.9 Å². The van der Waals surface area contributed by atoms with Crippen molar-refractivity contribution in [3.05, 3.63) is 73.1 Å². The first kappa shape index (κ1) is 22.1. The number of rotatable bonds is 8. The third-order valence-corrected chi connectivity index (χ3v) is 5.04. The zero-order valence-electron chi connectivity index (χ0n) is 17.9. The number of aryl methyl sites for hydroxylation is 1. The molecule has 0 bridgehead atoms. The molecule has 5 nitrogen and oxygen atoms in total. The largest absolute Gasteiger partial charge is 0.394 e. The molecule has 0 unspecified atom stereocenters. The fraction of sp³-hybridized carbons (Fsp3) is 0.360. The van der Waals surface area contributed by atoms with Crippen molar-refractivity contribution in [1.82, 2.24) is 9.13 Å². The van der Waals surface area contributed by atoms with E-state index in [1.54, 1.807) is 0 Å². The molecule has 2 aromatic heterocycles. The maximum Gasteiger partial charge on any atom is 0.0698 e. The minimum absolute atomic E-state index is 0.0897. The monoisotopic (exact) mass is 408 g/mol. The molecule has 0 spiro atoms. The Kier molecular flexibility index (Phi) is 7.69. The Morgan fingerprint density at radius 1 is 0.767 bits per heavy atom. The number of nitrogens with zero attached hydrogens (tertiary/aromatic N) is 2. The number of benzene rings is 2. The molecular formula is C25H32N2O3. The summed E-state index contributed by atoms with van der Waals surface area (Å²) in [5.74, 6) is 0. The van der Waals surface area contributed by atoms with Gasteiger partial charge in [-0.3, -0.25) is 0 Å². The van der Waals surface area contributed by atoms with E-state index in [9.17, 15) is 5.11 Å². The van der Waals surface area contributed by atoms with E-state index in [1.165, 1.54) is 21.8 Å². The average molecular weight is 409 g/mol. The van der Waals surface area contributed by atoms with Gasteiger partial charge in [-0.25, -0.2) is 0 Å². The van der Waals surface area contributed by atoms with E-state index in [1.807, 2.05) is 38.1 Å². The van der Waals surface area contributed by atoms with Gasteiger partial charge < -0.3 is 24.1 Å². The van der Waals surface area contributed by atoms with Crippen LogP contribution in [0.4, 0.5) is 0 Å². The van der Waals surface area contributed by atoms with Gasteiger partial charge in [-0.05, 0) is 55.3 Å². The van der Waals surface area contributed by atoms with Crippen LogP contribution in [-0.4, -0.2) is 44.8 Å². The van der Waals surface area contributed by atoms with Crippen LogP contribution in [0.15, 0.2) is 73.1 Å². The van der Waals surface area contributed by atoms with Crippen LogP contribution in [0, 0.1) is 0 Å². The molecule has 0 aliphatic carbocycles. The number of hydrogen-bond donors (Lipinski definition) is 2. The van der Waals surface area contributed by atoms with Crippen LogP contribution < -0.4 is 0 Å². The van der Waals surface area contributed by atoms with Gasteiger partial charge in [0, 0.05) is 36.5 Å². The summed E-state index contributed by atoms with van der Waals surface area (Å²) in [7, 11) is 0. The third-order valence-electron chi connectivity index (χ3n) is 5.04. The molecule has 0 atom stereocenters. The van der Waals surface area contributed by atoms with Crippen molar-refractivity contribution >= 4 is 21.8 Å². The molecule has 0 fully saturated rings. The maximum atomic E-state index is 9.68. The average Bonchev–Trinajstić information content (AvgIpc) is 3.34. The smallest absolute Gasteiger partial charge is 0.0698 e. The van der Waals surface area contributed by atoms with Gasteiger partial charge in [0.2, 0.25) is 0 Å². The van der Waals surface area contributed by atoms with Gasteiger partial charge in [-0.15, -0.1) is 0 Å². The first-order chi connectivity index (χ1) is 14.5. The van der Waals surface area contributed by atoms with Gasteiger partial charge >= 0.3 is 0 Å². The molecule has 0 radical (unpaired) electrons. The van der Waals surface area contributed by atoms with Crippen molar-refractivity contribution in [2.45, 2.75) is 39.0 Å². The quantitative estimate of drug-likeness (QED) is 0.424. The molecule has 0 amide bonds. The molecule has 2 aromatic carbocycles. The number of hydrogen-bond acceptors (Lipinski definition) is 3. The zero-order chi connectivity index (χ0) is 21.4. The van der Waals surface area contributed by atoms with Gasteiger partial charge in [-0.1, -0.05) is 36.4 Å². The van der Waals surface area contributed by atoms with E-state index < -0.39 is 5.60 Å². The summed E-state index contributed by atoms with van der Waals surface area (Å²) in [6.07, 6.45) is 4.91. The number of aromatic nitrogens is 2. The Balaban J connectivity index is 0.000000171. The molecule has 160 valence electrons. The van der Waals surface area contributed by atoms with Crippen molar-refractivity contribution in [1.29, 1.82) is 0 Å². The van der Waals surface area contributed by atoms with E-state index in [0.717, 1.165) is 19.5 Å². The molecule has 0 aliphatic rings. The lowest BCUT2D eigenvalue weighted by Crippen LogP contribution is -2.20. The minimum Gasteiger partial charge on any atom is -0.394 e. The Morgan fingerprint density at radius 2 is 1.30 bits per heavy atom.